The number of nitriles is 1. The summed E-state index contributed by atoms with van der Waals surface area (Å²) < 4.78 is 66.2. The summed E-state index contributed by atoms with van der Waals surface area (Å²) in [4.78, 5) is 8.08. The Hall–Kier alpha value is -4.55. The first kappa shape index (κ1) is 19.5. The maximum atomic E-state index is 13.8. The standard InChI is InChI=1S/C30H26ClFN8/c1-2-25(18-6-4-3-5-7-18)37-28-20(14-33)16-35-30-23(28)12-21(13-24(30)31)36-29(19-8-11-27(32)34-15-19)26-17-40(39-38-26)22-9-10-22/h3-8,11-13,15-17,22,25,29,36H,2,9-10H2,1H3,(H,35,37)/t25?,29-/m1/s1/i1D3,2D2,29D. The average Bonchev–Trinajstić information content (AvgIpc) is 3.75. The van der Waals surface area contributed by atoms with E-state index in [0.29, 0.717) is 5.56 Å². The minimum atomic E-state index is -3.04. The molecule has 200 valence electrons. The van der Waals surface area contributed by atoms with Crippen LogP contribution in [0, 0.1) is 17.3 Å². The molecule has 0 spiro atoms. The zero-order chi connectivity index (χ0) is 32.9. The van der Waals surface area contributed by atoms with Gasteiger partial charge in [-0.2, -0.15) is 9.65 Å². The highest BCUT2D eigenvalue weighted by Gasteiger charge is 2.27. The molecule has 0 radical (unpaired) electrons. The molecule has 0 saturated heterocycles. The van der Waals surface area contributed by atoms with Crippen molar-refractivity contribution in [2.75, 3.05) is 10.6 Å². The molecule has 0 amide bonds. The second kappa shape index (κ2) is 10.9. The van der Waals surface area contributed by atoms with Crippen molar-refractivity contribution in [1.82, 2.24) is 25.0 Å². The fourth-order valence-corrected chi connectivity index (χ4v) is 4.69. The smallest absolute Gasteiger partial charge is 0.212 e. The third-order valence-electron chi connectivity index (χ3n) is 6.58. The number of halogens is 2. The third-order valence-corrected chi connectivity index (χ3v) is 6.87. The van der Waals surface area contributed by atoms with Crippen LogP contribution in [0.2, 0.25) is 5.02 Å². The van der Waals surface area contributed by atoms with Gasteiger partial charge in [-0.1, -0.05) is 60.1 Å². The van der Waals surface area contributed by atoms with Crippen molar-refractivity contribution in [2.24, 2.45) is 0 Å². The summed E-state index contributed by atoms with van der Waals surface area (Å²) in [5.74, 6) is -0.725. The van der Waals surface area contributed by atoms with Crippen molar-refractivity contribution in [2.45, 2.75) is 44.2 Å². The number of pyridine rings is 2. The number of benzene rings is 2. The monoisotopic (exact) mass is 558 g/mol. The Labute approximate surface area is 244 Å². The number of aromatic nitrogens is 5. The summed E-state index contributed by atoms with van der Waals surface area (Å²) in [7, 11) is 0. The van der Waals surface area contributed by atoms with Crippen LogP contribution in [-0.4, -0.2) is 25.0 Å². The largest absolute Gasteiger partial charge is 0.377 e. The van der Waals surface area contributed by atoms with Crippen LogP contribution in [0.5, 0.6) is 0 Å². The van der Waals surface area contributed by atoms with E-state index in [4.69, 9.17) is 18.5 Å². The molecule has 3 heterocycles. The van der Waals surface area contributed by atoms with Crippen LogP contribution >= 0.6 is 11.6 Å². The molecule has 0 bridgehead atoms. The molecular weight excluding hydrogens is 527 g/mol. The number of hydrogen-bond acceptors (Lipinski definition) is 7. The second-order valence-electron chi connectivity index (χ2n) is 9.33. The van der Waals surface area contributed by atoms with Crippen LogP contribution in [0.15, 0.2) is 73.2 Å². The van der Waals surface area contributed by atoms with Crippen molar-refractivity contribution in [3.63, 3.8) is 0 Å². The Bertz CT molecular complexity index is 1940. The van der Waals surface area contributed by atoms with Crippen LogP contribution in [0.3, 0.4) is 0 Å². The highest BCUT2D eigenvalue weighted by molar-refractivity contribution is 6.35. The summed E-state index contributed by atoms with van der Waals surface area (Å²) >= 11 is 6.71. The van der Waals surface area contributed by atoms with Crippen molar-refractivity contribution < 1.29 is 12.6 Å². The molecule has 1 unspecified atom stereocenters. The van der Waals surface area contributed by atoms with Crippen LogP contribution in [0.25, 0.3) is 10.9 Å². The third kappa shape index (κ3) is 5.18. The van der Waals surface area contributed by atoms with E-state index in [1.807, 2.05) is 6.07 Å². The molecule has 0 aliphatic heterocycles. The van der Waals surface area contributed by atoms with Crippen LogP contribution in [0.1, 0.15) is 74.8 Å². The van der Waals surface area contributed by atoms with E-state index < -0.39 is 31.2 Å². The Morgan fingerprint density at radius 1 is 1.18 bits per heavy atom. The van der Waals surface area contributed by atoms with Gasteiger partial charge in [0.05, 0.1) is 47.5 Å². The molecule has 6 rings (SSSR count). The minimum Gasteiger partial charge on any atom is -0.377 e. The first-order chi connectivity index (χ1) is 21.8. The minimum absolute atomic E-state index is 0.00948. The molecule has 5 aromatic rings. The van der Waals surface area contributed by atoms with E-state index in [0.717, 1.165) is 18.9 Å². The predicted octanol–water partition coefficient (Wildman–Crippen LogP) is 6.99. The number of nitrogens with one attached hydrogen (secondary N) is 2. The number of anilines is 2. The molecule has 1 aliphatic carbocycles. The Morgan fingerprint density at radius 3 is 2.75 bits per heavy atom. The lowest BCUT2D eigenvalue weighted by Gasteiger charge is -2.22. The van der Waals surface area contributed by atoms with Gasteiger partial charge in [-0.15, -0.1) is 5.10 Å². The average molecular weight is 559 g/mol. The lowest BCUT2D eigenvalue weighted by molar-refractivity contribution is 0.581. The lowest BCUT2D eigenvalue weighted by atomic mass is 10.0. The van der Waals surface area contributed by atoms with Crippen LogP contribution in [-0.2, 0) is 0 Å². The van der Waals surface area contributed by atoms with Gasteiger partial charge in [0.25, 0.3) is 0 Å². The quantitative estimate of drug-likeness (QED) is 0.188. The SMILES string of the molecule is [2H]C([2H])([2H])C([2H])([2H])C(Nc1c(C#N)cnc2c(Cl)cc(N[C@]([2H])(c3ccc(F)nc3)c3cn(C4CC4)nn3)cc12)c1ccccc1. The normalized spacial score (nSPS) is 18.1. The van der Waals surface area contributed by atoms with Gasteiger partial charge in [-0.3, -0.25) is 4.98 Å². The summed E-state index contributed by atoms with van der Waals surface area (Å²) in [5.41, 5.74) is 1.42. The Balaban J connectivity index is 1.50. The molecule has 1 fully saturated rings. The van der Waals surface area contributed by atoms with E-state index in [9.17, 15) is 11.0 Å². The first-order valence-electron chi connectivity index (χ1n) is 15.5. The second-order valence-corrected chi connectivity index (χ2v) is 9.74. The molecule has 40 heavy (non-hydrogen) atoms. The van der Waals surface area contributed by atoms with Gasteiger partial charge in [0.2, 0.25) is 5.95 Å². The molecular formula is C30H26ClFN8. The fraction of sp³-hybridized carbons (Fsp3) is 0.233. The molecule has 2 atom stereocenters. The zero-order valence-electron chi connectivity index (χ0n) is 26.9. The van der Waals surface area contributed by atoms with Gasteiger partial charge in [0.1, 0.15) is 11.8 Å². The Morgan fingerprint density at radius 2 is 2.02 bits per heavy atom. The number of rotatable bonds is 9. The van der Waals surface area contributed by atoms with E-state index in [1.54, 1.807) is 47.3 Å². The van der Waals surface area contributed by atoms with E-state index in [2.05, 4.69) is 30.9 Å². The van der Waals surface area contributed by atoms with Crippen LogP contribution < -0.4 is 10.6 Å². The van der Waals surface area contributed by atoms with E-state index >= 15 is 0 Å². The summed E-state index contributed by atoms with van der Waals surface area (Å²) in [6, 6.07) is 12.8. The molecule has 8 nitrogen and oxygen atoms in total. The van der Waals surface area contributed by atoms with Crippen molar-refractivity contribution in [3.8, 4) is 6.07 Å². The van der Waals surface area contributed by atoms with Gasteiger partial charge < -0.3 is 10.6 Å². The highest BCUT2D eigenvalue weighted by Crippen LogP contribution is 2.38. The van der Waals surface area contributed by atoms with Crippen molar-refractivity contribution >= 4 is 33.9 Å². The zero-order valence-corrected chi connectivity index (χ0v) is 21.7. The number of fused-ring (bicyclic) bond motifs is 1. The predicted molar refractivity (Wildman–Crippen MR) is 153 cm³/mol. The molecule has 1 aliphatic rings. The molecule has 10 heteroatoms. The van der Waals surface area contributed by atoms with E-state index in [1.165, 1.54) is 24.5 Å². The maximum absolute atomic E-state index is 13.8. The number of nitrogens with zero attached hydrogens (tertiary/aromatic N) is 6. The Kier molecular flexibility index (Phi) is 5.32. The first-order valence-corrected chi connectivity index (χ1v) is 12.9. The summed E-state index contributed by atoms with van der Waals surface area (Å²) in [6.45, 7) is -3.04. The van der Waals surface area contributed by atoms with Crippen LogP contribution in [0.4, 0.5) is 15.8 Å². The van der Waals surface area contributed by atoms with E-state index in [-0.39, 0.29) is 50.2 Å². The molecule has 1 saturated carbocycles. The summed E-state index contributed by atoms with van der Waals surface area (Å²) in [6.07, 6.45) is 3.23. The lowest BCUT2D eigenvalue weighted by Crippen LogP contribution is -2.14. The van der Waals surface area contributed by atoms with Gasteiger partial charge in [-0.05, 0) is 48.5 Å². The molecule has 3 aromatic heterocycles. The van der Waals surface area contributed by atoms with Gasteiger partial charge in [0, 0.05) is 30.3 Å². The van der Waals surface area contributed by atoms with Gasteiger partial charge in [-0.25, -0.2) is 9.67 Å². The maximum Gasteiger partial charge on any atom is 0.212 e. The molecule has 2 N–H and O–H groups in total. The summed E-state index contributed by atoms with van der Waals surface area (Å²) in [5, 5.41) is 25.0. The number of hydrogen-bond donors (Lipinski definition) is 2. The topological polar surface area (TPSA) is 104 Å². The van der Waals surface area contributed by atoms with Crippen molar-refractivity contribution in [1.29, 1.82) is 5.26 Å². The molecule has 2 aromatic carbocycles. The van der Waals surface area contributed by atoms with Crippen molar-refractivity contribution in [3.05, 3.63) is 107 Å². The van der Waals surface area contributed by atoms with Gasteiger partial charge in [0.15, 0.2) is 0 Å². The highest BCUT2D eigenvalue weighted by atomic mass is 35.5. The fourth-order valence-electron chi connectivity index (χ4n) is 4.43. The van der Waals surface area contributed by atoms with Gasteiger partial charge >= 0.3 is 0 Å².